The maximum absolute atomic E-state index is 12.9. The van der Waals surface area contributed by atoms with Gasteiger partial charge in [0, 0.05) is 12.2 Å². The summed E-state index contributed by atoms with van der Waals surface area (Å²) in [5, 5.41) is 5.07. The highest BCUT2D eigenvalue weighted by Crippen LogP contribution is 2.21. The zero-order valence-electron chi connectivity index (χ0n) is 13.5. The lowest BCUT2D eigenvalue weighted by atomic mass is 10.3. The van der Waals surface area contributed by atoms with Gasteiger partial charge in [0.2, 0.25) is 5.91 Å². The number of thioether (sulfide) groups is 1. The van der Waals surface area contributed by atoms with Crippen molar-refractivity contribution in [2.45, 2.75) is 25.0 Å². The van der Waals surface area contributed by atoms with E-state index in [1.54, 1.807) is 10.6 Å². The van der Waals surface area contributed by atoms with Crippen molar-refractivity contribution in [3.05, 3.63) is 51.9 Å². The van der Waals surface area contributed by atoms with E-state index in [0.29, 0.717) is 27.6 Å². The number of nitrogens with zero attached hydrogens (tertiary/aromatic N) is 2. The van der Waals surface area contributed by atoms with Crippen LogP contribution in [0.1, 0.15) is 13.3 Å². The van der Waals surface area contributed by atoms with Crippen LogP contribution in [0.25, 0.3) is 10.2 Å². The number of hydrogen-bond acceptors (Lipinski definition) is 5. The van der Waals surface area contributed by atoms with Crippen LogP contribution in [0, 0.1) is 5.82 Å². The number of aromatic nitrogens is 2. The summed E-state index contributed by atoms with van der Waals surface area (Å²) in [6.07, 6.45) is 0.799. The average molecular weight is 377 g/mol. The molecule has 3 aromatic rings. The van der Waals surface area contributed by atoms with Crippen LogP contribution in [-0.2, 0) is 11.3 Å². The van der Waals surface area contributed by atoms with Crippen LogP contribution < -0.4 is 10.9 Å². The molecule has 2 heterocycles. The molecule has 1 aromatic carbocycles. The van der Waals surface area contributed by atoms with Gasteiger partial charge in [-0.2, -0.15) is 0 Å². The van der Waals surface area contributed by atoms with Gasteiger partial charge < -0.3 is 5.32 Å². The maximum Gasteiger partial charge on any atom is 0.272 e. The third-order valence-corrected chi connectivity index (χ3v) is 5.31. The molecule has 0 aliphatic carbocycles. The van der Waals surface area contributed by atoms with Crippen molar-refractivity contribution < 1.29 is 9.18 Å². The molecule has 0 spiro atoms. The molecule has 1 amide bonds. The van der Waals surface area contributed by atoms with Crippen molar-refractivity contribution in [2.24, 2.45) is 0 Å². The molecule has 0 bridgehead atoms. The minimum Gasteiger partial charge on any atom is -0.325 e. The molecule has 0 aliphatic heterocycles. The van der Waals surface area contributed by atoms with Gasteiger partial charge in [-0.1, -0.05) is 18.7 Å². The second-order valence-corrected chi connectivity index (χ2v) is 7.19. The first-order valence-electron chi connectivity index (χ1n) is 7.74. The molecule has 0 saturated heterocycles. The summed E-state index contributed by atoms with van der Waals surface area (Å²) in [5.74, 6) is -0.480. The topological polar surface area (TPSA) is 64.0 Å². The normalized spacial score (nSPS) is 11.0. The van der Waals surface area contributed by atoms with E-state index in [-0.39, 0.29) is 23.0 Å². The number of nitrogens with one attached hydrogen (secondary N) is 1. The van der Waals surface area contributed by atoms with Gasteiger partial charge in [-0.15, -0.1) is 11.3 Å². The molecule has 0 fully saturated rings. The number of hydrogen-bond donors (Lipinski definition) is 1. The zero-order valence-corrected chi connectivity index (χ0v) is 15.1. The van der Waals surface area contributed by atoms with Crippen LogP contribution in [0.4, 0.5) is 10.1 Å². The van der Waals surface area contributed by atoms with Gasteiger partial charge in [-0.25, -0.2) is 9.37 Å². The fraction of sp³-hybridized carbons (Fsp3) is 0.235. The molecule has 130 valence electrons. The summed E-state index contributed by atoms with van der Waals surface area (Å²) >= 11 is 2.60. The summed E-state index contributed by atoms with van der Waals surface area (Å²) in [4.78, 5) is 29.2. The number of amides is 1. The Morgan fingerprint density at radius 3 is 2.80 bits per heavy atom. The standard InChI is InChI=1S/C17H16FN3O2S2/c1-2-8-21-16(23)15-13(7-9-24-15)20-17(21)25-10-14(22)19-12-5-3-11(18)4-6-12/h3-7,9H,2,8,10H2,1H3,(H,19,22). The van der Waals surface area contributed by atoms with Crippen LogP contribution in [0.2, 0.25) is 0 Å². The van der Waals surface area contributed by atoms with Crippen LogP contribution in [0.5, 0.6) is 0 Å². The molecule has 3 rings (SSSR count). The van der Waals surface area contributed by atoms with Gasteiger partial charge in [0.25, 0.3) is 5.56 Å². The first-order chi connectivity index (χ1) is 12.1. The molecule has 0 unspecified atom stereocenters. The highest BCUT2D eigenvalue weighted by molar-refractivity contribution is 7.99. The van der Waals surface area contributed by atoms with E-state index in [0.717, 1.165) is 6.42 Å². The monoisotopic (exact) mass is 377 g/mol. The predicted molar refractivity (Wildman–Crippen MR) is 99.9 cm³/mol. The Hall–Kier alpha value is -2.19. The molecule has 0 saturated carbocycles. The van der Waals surface area contributed by atoms with Gasteiger partial charge in [-0.3, -0.25) is 14.2 Å². The molecule has 0 radical (unpaired) electrons. The second-order valence-electron chi connectivity index (χ2n) is 5.33. The summed E-state index contributed by atoms with van der Waals surface area (Å²) in [7, 11) is 0. The highest BCUT2D eigenvalue weighted by Gasteiger charge is 2.13. The van der Waals surface area contributed by atoms with E-state index >= 15 is 0 Å². The number of carbonyl (C=O) groups excluding carboxylic acids is 1. The number of halogens is 1. The van der Waals surface area contributed by atoms with Gasteiger partial charge in [0.05, 0.1) is 11.3 Å². The number of rotatable bonds is 6. The Labute approximate surface area is 151 Å². The van der Waals surface area contributed by atoms with Crippen LogP contribution in [0.15, 0.2) is 45.7 Å². The lowest BCUT2D eigenvalue weighted by Gasteiger charge is -2.11. The second kappa shape index (κ2) is 7.79. The Balaban J connectivity index is 1.75. The first kappa shape index (κ1) is 17.6. The minimum absolute atomic E-state index is 0.0664. The van der Waals surface area contributed by atoms with Crippen LogP contribution in [0.3, 0.4) is 0 Å². The quantitative estimate of drug-likeness (QED) is 0.525. The summed E-state index contributed by atoms with van der Waals surface area (Å²) < 4.78 is 15.1. The average Bonchev–Trinajstić information content (AvgIpc) is 3.07. The summed E-state index contributed by atoms with van der Waals surface area (Å²) in [6, 6.07) is 7.38. The van der Waals surface area contributed by atoms with Crippen molar-refractivity contribution in [3.8, 4) is 0 Å². The lowest BCUT2D eigenvalue weighted by molar-refractivity contribution is -0.113. The Morgan fingerprint density at radius 1 is 1.32 bits per heavy atom. The molecule has 5 nitrogen and oxygen atoms in total. The van der Waals surface area contributed by atoms with Crippen molar-refractivity contribution in [1.82, 2.24) is 9.55 Å². The first-order valence-corrected chi connectivity index (χ1v) is 9.61. The van der Waals surface area contributed by atoms with E-state index in [4.69, 9.17) is 0 Å². The van der Waals surface area contributed by atoms with E-state index < -0.39 is 0 Å². The molecule has 25 heavy (non-hydrogen) atoms. The van der Waals surface area contributed by atoms with E-state index in [1.807, 2.05) is 12.3 Å². The molecular weight excluding hydrogens is 361 g/mol. The highest BCUT2D eigenvalue weighted by atomic mass is 32.2. The van der Waals surface area contributed by atoms with Gasteiger partial charge in [0.1, 0.15) is 10.5 Å². The Bertz CT molecular complexity index is 951. The molecule has 0 aliphatic rings. The smallest absolute Gasteiger partial charge is 0.272 e. The molecule has 1 N–H and O–H groups in total. The SMILES string of the molecule is CCCn1c(SCC(=O)Nc2ccc(F)cc2)nc2ccsc2c1=O. The molecule has 0 atom stereocenters. The number of fused-ring (bicyclic) bond motifs is 1. The van der Waals surface area contributed by atoms with Gasteiger partial charge >= 0.3 is 0 Å². The van der Waals surface area contributed by atoms with Crippen molar-refractivity contribution in [2.75, 3.05) is 11.1 Å². The maximum atomic E-state index is 12.9. The van der Waals surface area contributed by atoms with Crippen molar-refractivity contribution in [3.63, 3.8) is 0 Å². The van der Waals surface area contributed by atoms with E-state index in [2.05, 4.69) is 10.3 Å². The third-order valence-electron chi connectivity index (χ3n) is 3.44. The zero-order chi connectivity index (χ0) is 17.8. The van der Waals surface area contributed by atoms with Gasteiger partial charge in [-0.05, 0) is 42.1 Å². The van der Waals surface area contributed by atoms with E-state index in [1.165, 1.54) is 47.4 Å². The number of benzene rings is 1. The number of carbonyl (C=O) groups is 1. The summed E-state index contributed by atoms with van der Waals surface area (Å²) in [5.41, 5.74) is 1.12. The Morgan fingerprint density at radius 2 is 2.08 bits per heavy atom. The minimum atomic E-state index is -0.357. The van der Waals surface area contributed by atoms with Crippen LogP contribution >= 0.6 is 23.1 Å². The molecular formula is C17H16FN3O2S2. The van der Waals surface area contributed by atoms with Crippen molar-refractivity contribution >= 4 is 44.9 Å². The largest absolute Gasteiger partial charge is 0.325 e. The number of thiophene rings is 1. The fourth-order valence-corrected chi connectivity index (χ4v) is 3.92. The lowest BCUT2D eigenvalue weighted by Crippen LogP contribution is -2.23. The van der Waals surface area contributed by atoms with Gasteiger partial charge in [0.15, 0.2) is 5.16 Å². The van der Waals surface area contributed by atoms with E-state index in [9.17, 15) is 14.0 Å². The summed E-state index contributed by atoms with van der Waals surface area (Å²) in [6.45, 7) is 2.54. The van der Waals surface area contributed by atoms with Crippen molar-refractivity contribution in [1.29, 1.82) is 0 Å². The molecule has 8 heteroatoms. The predicted octanol–water partition coefficient (Wildman–Crippen LogP) is 3.74. The van der Waals surface area contributed by atoms with Crippen LogP contribution in [-0.4, -0.2) is 21.2 Å². The Kier molecular flexibility index (Phi) is 5.50. The third kappa shape index (κ3) is 4.08. The molecule has 2 aromatic heterocycles. The number of anilines is 1. The fourth-order valence-electron chi connectivity index (χ4n) is 2.31.